The summed E-state index contributed by atoms with van der Waals surface area (Å²) in [5.74, 6) is -2.75. The van der Waals surface area contributed by atoms with E-state index in [0.717, 1.165) is 20.8 Å². The van der Waals surface area contributed by atoms with Crippen LogP contribution in [-0.2, 0) is 47.6 Å². The molecule has 1 heterocycles. The summed E-state index contributed by atoms with van der Waals surface area (Å²) in [7, 11) is 0. The number of rotatable bonds is 9. The van der Waals surface area contributed by atoms with Crippen molar-refractivity contribution in [2.24, 2.45) is 0 Å². The fourth-order valence-corrected chi connectivity index (χ4v) is 2.75. The van der Waals surface area contributed by atoms with Gasteiger partial charge < -0.3 is 33.5 Å². The van der Waals surface area contributed by atoms with Gasteiger partial charge in [-0.3, -0.25) is 19.2 Å². The van der Waals surface area contributed by atoms with Crippen LogP contribution in [-0.4, -0.2) is 79.5 Å². The third-order valence-electron chi connectivity index (χ3n) is 3.86. The smallest absolute Gasteiger partial charge is 0.303 e. The van der Waals surface area contributed by atoms with E-state index in [-0.39, 0.29) is 19.8 Å². The van der Waals surface area contributed by atoms with E-state index in [1.54, 1.807) is 6.92 Å². The van der Waals surface area contributed by atoms with Gasteiger partial charge in [0.1, 0.15) is 12.7 Å². The molecule has 0 spiro atoms. The molecule has 0 aliphatic carbocycles. The lowest BCUT2D eigenvalue weighted by Crippen LogP contribution is -2.63. The van der Waals surface area contributed by atoms with Gasteiger partial charge in [-0.15, -0.1) is 0 Å². The van der Waals surface area contributed by atoms with Crippen LogP contribution in [0.25, 0.3) is 0 Å². The molecule has 0 amide bonds. The summed E-state index contributed by atoms with van der Waals surface area (Å²) in [6.07, 6.45) is -4.59. The standard InChI is InChI=1S/C19H28O11/c1-10(6-7-20)8-26-19-18(29-14(5)24)17(28-13(4)23)16(27-12(3)22)15(30-19)9-25-11(2)21/h6,15-20H,7-9H2,1-5H3/b10-6+/t15-,16-,17+,18-,19-/m1/s1. The van der Waals surface area contributed by atoms with Crippen molar-refractivity contribution in [1.29, 1.82) is 0 Å². The highest BCUT2D eigenvalue weighted by Gasteiger charge is 2.52. The fourth-order valence-electron chi connectivity index (χ4n) is 2.75. The fraction of sp³-hybridized carbons (Fsp3) is 0.684. The molecule has 0 saturated carbocycles. The Balaban J connectivity index is 3.27. The molecule has 11 nitrogen and oxygen atoms in total. The molecule has 170 valence electrons. The van der Waals surface area contributed by atoms with Crippen molar-refractivity contribution in [2.75, 3.05) is 19.8 Å². The summed E-state index contributed by atoms with van der Waals surface area (Å²) in [6.45, 7) is 5.76. The maximum absolute atomic E-state index is 11.7. The Morgan fingerprint density at radius 2 is 1.37 bits per heavy atom. The van der Waals surface area contributed by atoms with Crippen LogP contribution in [0, 0.1) is 0 Å². The van der Waals surface area contributed by atoms with Gasteiger partial charge in [0.25, 0.3) is 0 Å². The number of ether oxygens (including phenoxy) is 6. The zero-order valence-corrected chi connectivity index (χ0v) is 17.6. The topological polar surface area (TPSA) is 144 Å². The van der Waals surface area contributed by atoms with E-state index >= 15 is 0 Å². The number of aliphatic hydroxyl groups is 1. The first-order valence-corrected chi connectivity index (χ1v) is 9.23. The van der Waals surface area contributed by atoms with E-state index in [1.165, 1.54) is 13.0 Å². The Bertz CT molecular complexity index is 657. The molecule has 0 bridgehead atoms. The van der Waals surface area contributed by atoms with E-state index < -0.39 is 54.6 Å². The second-order valence-corrected chi connectivity index (χ2v) is 6.61. The average Bonchev–Trinajstić information content (AvgIpc) is 2.61. The van der Waals surface area contributed by atoms with Crippen LogP contribution in [0.2, 0.25) is 0 Å². The number of hydrogen-bond donors (Lipinski definition) is 1. The van der Waals surface area contributed by atoms with E-state index in [1.807, 2.05) is 0 Å². The maximum Gasteiger partial charge on any atom is 0.303 e. The highest BCUT2D eigenvalue weighted by Crippen LogP contribution is 2.30. The minimum absolute atomic E-state index is 0.00565. The monoisotopic (exact) mass is 432 g/mol. The predicted octanol–water partition coefficient (Wildman–Crippen LogP) is 0.0247. The minimum atomic E-state index is -1.28. The van der Waals surface area contributed by atoms with Crippen molar-refractivity contribution in [2.45, 2.75) is 65.3 Å². The van der Waals surface area contributed by atoms with Gasteiger partial charge in [0, 0.05) is 27.7 Å². The summed E-state index contributed by atoms with van der Waals surface area (Å²) in [6, 6.07) is 0. The van der Waals surface area contributed by atoms with Gasteiger partial charge in [-0.05, 0) is 12.5 Å². The third-order valence-corrected chi connectivity index (χ3v) is 3.86. The molecular formula is C19H28O11. The zero-order chi connectivity index (χ0) is 22.8. The van der Waals surface area contributed by atoms with Crippen molar-refractivity contribution in [3.8, 4) is 0 Å². The second-order valence-electron chi connectivity index (χ2n) is 6.61. The number of hydrogen-bond acceptors (Lipinski definition) is 11. The van der Waals surface area contributed by atoms with Crippen molar-refractivity contribution < 1.29 is 52.7 Å². The van der Waals surface area contributed by atoms with Gasteiger partial charge in [-0.2, -0.15) is 0 Å². The van der Waals surface area contributed by atoms with E-state index in [0.29, 0.717) is 5.57 Å². The van der Waals surface area contributed by atoms with Crippen LogP contribution in [0.4, 0.5) is 0 Å². The first-order chi connectivity index (χ1) is 14.0. The van der Waals surface area contributed by atoms with Crippen molar-refractivity contribution in [1.82, 2.24) is 0 Å². The van der Waals surface area contributed by atoms with Crippen LogP contribution in [0.1, 0.15) is 34.6 Å². The first kappa shape index (κ1) is 25.5. The Kier molecular flexibility index (Phi) is 10.4. The Labute approximate surface area is 174 Å². The van der Waals surface area contributed by atoms with Crippen LogP contribution in [0.5, 0.6) is 0 Å². The van der Waals surface area contributed by atoms with Crippen LogP contribution in [0.3, 0.4) is 0 Å². The van der Waals surface area contributed by atoms with Crippen molar-refractivity contribution in [3.05, 3.63) is 11.6 Å². The summed E-state index contributed by atoms with van der Waals surface area (Å²) < 4.78 is 32.2. The molecule has 0 radical (unpaired) electrons. The molecule has 0 aromatic carbocycles. The van der Waals surface area contributed by atoms with Gasteiger partial charge >= 0.3 is 23.9 Å². The average molecular weight is 432 g/mol. The van der Waals surface area contributed by atoms with Gasteiger partial charge in [-0.25, -0.2) is 0 Å². The number of aliphatic hydroxyl groups excluding tert-OH is 1. The SMILES string of the molecule is CC(=O)OC[C@H]1O[C@@H](OC/C(C)=C/CO)[C@H](OC(C)=O)[C@@H](OC(C)=O)[C@@H]1OC(C)=O. The Morgan fingerprint density at radius 1 is 0.833 bits per heavy atom. The lowest BCUT2D eigenvalue weighted by atomic mass is 9.98. The predicted molar refractivity (Wildman–Crippen MR) is 98.8 cm³/mol. The Morgan fingerprint density at radius 3 is 1.87 bits per heavy atom. The molecule has 1 fully saturated rings. The quantitative estimate of drug-likeness (QED) is 0.299. The Hall–Kier alpha value is -2.50. The van der Waals surface area contributed by atoms with E-state index in [2.05, 4.69) is 0 Å². The largest absolute Gasteiger partial charge is 0.463 e. The van der Waals surface area contributed by atoms with Crippen LogP contribution < -0.4 is 0 Å². The highest BCUT2D eigenvalue weighted by atomic mass is 16.7. The molecule has 0 unspecified atom stereocenters. The molecule has 1 aliphatic heterocycles. The van der Waals surface area contributed by atoms with Gasteiger partial charge in [0.15, 0.2) is 24.6 Å². The summed E-state index contributed by atoms with van der Waals surface area (Å²) in [5, 5.41) is 8.98. The summed E-state index contributed by atoms with van der Waals surface area (Å²) in [5.41, 5.74) is 0.658. The molecule has 30 heavy (non-hydrogen) atoms. The lowest BCUT2D eigenvalue weighted by Gasteiger charge is -2.44. The molecule has 0 aromatic rings. The molecule has 1 rings (SSSR count). The number of carbonyl (C=O) groups is 4. The van der Waals surface area contributed by atoms with Gasteiger partial charge in [0.2, 0.25) is 0 Å². The number of carbonyl (C=O) groups excluding carboxylic acids is 4. The lowest BCUT2D eigenvalue weighted by molar-refractivity contribution is -0.306. The summed E-state index contributed by atoms with van der Waals surface area (Å²) in [4.78, 5) is 46.2. The molecule has 1 saturated heterocycles. The normalized spacial score (nSPS) is 26.5. The van der Waals surface area contributed by atoms with Crippen LogP contribution >= 0.6 is 0 Å². The third kappa shape index (κ3) is 8.47. The zero-order valence-electron chi connectivity index (χ0n) is 17.6. The molecule has 1 aliphatic rings. The second kappa shape index (κ2) is 12.3. The number of esters is 4. The highest BCUT2D eigenvalue weighted by molar-refractivity contribution is 5.68. The van der Waals surface area contributed by atoms with Gasteiger partial charge in [-0.1, -0.05) is 6.08 Å². The molecule has 11 heteroatoms. The van der Waals surface area contributed by atoms with Crippen molar-refractivity contribution >= 4 is 23.9 Å². The molecule has 0 aromatic heterocycles. The maximum atomic E-state index is 11.7. The van der Waals surface area contributed by atoms with Crippen LogP contribution in [0.15, 0.2) is 11.6 Å². The van der Waals surface area contributed by atoms with E-state index in [9.17, 15) is 19.2 Å². The molecular weight excluding hydrogens is 404 g/mol. The molecule has 5 atom stereocenters. The van der Waals surface area contributed by atoms with Gasteiger partial charge in [0.05, 0.1) is 13.2 Å². The summed E-state index contributed by atoms with van der Waals surface area (Å²) >= 11 is 0. The van der Waals surface area contributed by atoms with E-state index in [4.69, 9.17) is 33.5 Å². The minimum Gasteiger partial charge on any atom is -0.463 e. The van der Waals surface area contributed by atoms with Crippen molar-refractivity contribution in [3.63, 3.8) is 0 Å². The first-order valence-electron chi connectivity index (χ1n) is 9.23. The molecule has 1 N–H and O–H groups in total.